The fourth-order valence-corrected chi connectivity index (χ4v) is 5.34. The molecule has 1 N–H and O–H groups in total. The lowest BCUT2D eigenvalue weighted by Crippen LogP contribution is -2.32. The molecule has 1 saturated carbocycles. The average molecular weight is 608 g/mol. The molecule has 0 aromatic heterocycles. The number of hydrogen-bond acceptors (Lipinski definition) is 4. The van der Waals surface area contributed by atoms with Crippen LogP contribution in [-0.4, -0.2) is 31.9 Å². The molecule has 3 aromatic rings. The standard InChI is InChI=1S/C25H24Br2N2O4S/c1-2-33-24-13-8-20(27)14-18(24)16-29(22-9-10-22)25(30)17-4-3-5-21(15-17)28-34(31,32)23-11-6-19(26)7-12-23/h3-8,11-15,22,28H,2,9-10,16H2,1H3. The van der Waals surface area contributed by atoms with Crippen molar-refractivity contribution in [3.05, 3.63) is 86.8 Å². The van der Waals surface area contributed by atoms with Gasteiger partial charge in [0.2, 0.25) is 0 Å². The second-order valence-electron chi connectivity index (χ2n) is 7.99. The fourth-order valence-electron chi connectivity index (χ4n) is 3.61. The number of anilines is 1. The summed E-state index contributed by atoms with van der Waals surface area (Å²) in [6, 6.07) is 18.9. The van der Waals surface area contributed by atoms with Gasteiger partial charge < -0.3 is 9.64 Å². The van der Waals surface area contributed by atoms with Crippen LogP contribution >= 0.6 is 31.9 Å². The highest BCUT2D eigenvalue weighted by atomic mass is 79.9. The number of nitrogens with one attached hydrogen (secondary N) is 1. The molecule has 3 aromatic carbocycles. The van der Waals surface area contributed by atoms with Crippen molar-refractivity contribution in [3.8, 4) is 5.75 Å². The van der Waals surface area contributed by atoms with E-state index in [1.54, 1.807) is 36.4 Å². The van der Waals surface area contributed by atoms with Crippen LogP contribution in [0.1, 0.15) is 35.7 Å². The van der Waals surface area contributed by atoms with Crippen molar-refractivity contribution in [1.82, 2.24) is 4.90 Å². The summed E-state index contributed by atoms with van der Waals surface area (Å²) < 4.78 is 35.6. The van der Waals surface area contributed by atoms with Crippen molar-refractivity contribution < 1.29 is 17.9 Å². The topological polar surface area (TPSA) is 75.7 Å². The molecule has 1 aliphatic rings. The van der Waals surface area contributed by atoms with E-state index in [-0.39, 0.29) is 16.8 Å². The third kappa shape index (κ3) is 6.00. The summed E-state index contributed by atoms with van der Waals surface area (Å²) in [5.74, 6) is 0.606. The Bertz CT molecular complexity index is 1290. The van der Waals surface area contributed by atoms with Crippen LogP contribution in [0.15, 0.2) is 80.6 Å². The van der Waals surface area contributed by atoms with Crippen molar-refractivity contribution in [1.29, 1.82) is 0 Å². The zero-order valence-electron chi connectivity index (χ0n) is 18.5. The largest absolute Gasteiger partial charge is 0.494 e. The summed E-state index contributed by atoms with van der Waals surface area (Å²) in [6.45, 7) is 2.87. The molecule has 6 nitrogen and oxygen atoms in total. The first-order valence-electron chi connectivity index (χ1n) is 10.9. The van der Waals surface area contributed by atoms with Crippen LogP contribution in [0.5, 0.6) is 5.75 Å². The lowest BCUT2D eigenvalue weighted by Gasteiger charge is -2.24. The molecule has 0 aliphatic heterocycles. The van der Waals surface area contributed by atoms with Crippen LogP contribution in [0.25, 0.3) is 0 Å². The molecule has 178 valence electrons. The molecule has 0 unspecified atom stereocenters. The van der Waals surface area contributed by atoms with Crippen LogP contribution in [0, 0.1) is 0 Å². The van der Waals surface area contributed by atoms with Crippen LogP contribution in [0.2, 0.25) is 0 Å². The zero-order chi connectivity index (χ0) is 24.3. The number of nitrogens with zero attached hydrogens (tertiary/aromatic N) is 1. The quantitative estimate of drug-likeness (QED) is 0.313. The van der Waals surface area contributed by atoms with Gasteiger partial charge in [-0.25, -0.2) is 8.42 Å². The van der Waals surface area contributed by atoms with Gasteiger partial charge in [0.1, 0.15) is 5.75 Å². The number of carbonyl (C=O) groups excluding carboxylic acids is 1. The van der Waals surface area contributed by atoms with E-state index in [9.17, 15) is 13.2 Å². The number of amides is 1. The summed E-state index contributed by atoms with van der Waals surface area (Å²) in [7, 11) is -3.78. The van der Waals surface area contributed by atoms with E-state index in [0.29, 0.717) is 24.4 Å². The van der Waals surface area contributed by atoms with Crippen molar-refractivity contribution in [2.45, 2.75) is 37.2 Å². The summed E-state index contributed by atoms with van der Waals surface area (Å²) in [5, 5.41) is 0. The summed E-state index contributed by atoms with van der Waals surface area (Å²) in [4.78, 5) is 15.5. The molecule has 1 aliphatic carbocycles. The molecule has 1 fully saturated rings. The summed E-state index contributed by atoms with van der Waals surface area (Å²) in [6.07, 6.45) is 1.89. The first kappa shape index (κ1) is 24.8. The molecule has 0 radical (unpaired) electrons. The minimum atomic E-state index is -3.78. The third-order valence-electron chi connectivity index (χ3n) is 5.40. The fraction of sp³-hybridized carbons (Fsp3) is 0.240. The molecule has 0 atom stereocenters. The van der Waals surface area contributed by atoms with Gasteiger partial charge in [0.05, 0.1) is 11.5 Å². The van der Waals surface area contributed by atoms with Crippen molar-refractivity contribution in [2.24, 2.45) is 0 Å². The molecule has 0 heterocycles. The van der Waals surface area contributed by atoms with E-state index in [2.05, 4.69) is 36.6 Å². The minimum Gasteiger partial charge on any atom is -0.494 e. The second-order valence-corrected chi connectivity index (χ2v) is 11.5. The van der Waals surface area contributed by atoms with Gasteiger partial charge in [-0.2, -0.15) is 0 Å². The Morgan fingerprint density at radius 2 is 1.74 bits per heavy atom. The lowest BCUT2D eigenvalue weighted by molar-refractivity contribution is 0.0728. The Morgan fingerprint density at radius 1 is 1.03 bits per heavy atom. The molecule has 34 heavy (non-hydrogen) atoms. The zero-order valence-corrected chi connectivity index (χ0v) is 22.5. The van der Waals surface area contributed by atoms with Gasteiger partial charge in [0.15, 0.2) is 0 Å². The molecular weight excluding hydrogens is 584 g/mol. The smallest absolute Gasteiger partial charge is 0.261 e. The number of ether oxygens (including phenoxy) is 1. The van der Waals surface area contributed by atoms with Gasteiger partial charge >= 0.3 is 0 Å². The normalized spacial score (nSPS) is 13.4. The van der Waals surface area contributed by atoms with Crippen LogP contribution < -0.4 is 9.46 Å². The minimum absolute atomic E-state index is 0.144. The van der Waals surface area contributed by atoms with Crippen molar-refractivity contribution in [3.63, 3.8) is 0 Å². The highest BCUT2D eigenvalue weighted by molar-refractivity contribution is 9.10. The van der Waals surface area contributed by atoms with Crippen LogP contribution in [0.4, 0.5) is 5.69 Å². The van der Waals surface area contributed by atoms with Gasteiger partial charge in [-0.1, -0.05) is 37.9 Å². The number of benzene rings is 3. The second kappa shape index (κ2) is 10.5. The van der Waals surface area contributed by atoms with Gasteiger partial charge in [-0.3, -0.25) is 9.52 Å². The Kier molecular flexibility index (Phi) is 7.64. The number of sulfonamides is 1. The Morgan fingerprint density at radius 3 is 2.41 bits per heavy atom. The number of hydrogen-bond donors (Lipinski definition) is 1. The Hall–Kier alpha value is -2.36. The highest BCUT2D eigenvalue weighted by Crippen LogP contribution is 2.33. The first-order chi connectivity index (χ1) is 16.3. The number of rotatable bonds is 9. The maximum atomic E-state index is 13.5. The predicted octanol–water partition coefficient (Wildman–Crippen LogP) is 6.22. The Balaban J connectivity index is 1.57. The maximum Gasteiger partial charge on any atom is 0.261 e. The van der Waals surface area contributed by atoms with E-state index in [1.807, 2.05) is 30.0 Å². The van der Waals surface area contributed by atoms with Gasteiger partial charge in [-0.05, 0) is 80.4 Å². The van der Waals surface area contributed by atoms with Gasteiger partial charge in [-0.15, -0.1) is 0 Å². The van der Waals surface area contributed by atoms with E-state index < -0.39 is 10.0 Å². The Labute approximate surface area is 216 Å². The predicted molar refractivity (Wildman–Crippen MR) is 140 cm³/mol. The molecule has 0 spiro atoms. The first-order valence-corrected chi connectivity index (χ1v) is 13.9. The summed E-state index contributed by atoms with van der Waals surface area (Å²) in [5.41, 5.74) is 1.68. The monoisotopic (exact) mass is 606 g/mol. The van der Waals surface area contributed by atoms with Crippen LogP contribution in [-0.2, 0) is 16.6 Å². The van der Waals surface area contributed by atoms with Crippen molar-refractivity contribution >= 4 is 53.5 Å². The third-order valence-corrected chi connectivity index (χ3v) is 7.82. The maximum absolute atomic E-state index is 13.5. The molecular formula is C25H24Br2N2O4S. The molecule has 9 heteroatoms. The van der Waals surface area contributed by atoms with Crippen LogP contribution in [0.3, 0.4) is 0 Å². The number of carbonyl (C=O) groups is 1. The summed E-state index contributed by atoms with van der Waals surface area (Å²) >= 11 is 6.81. The van der Waals surface area contributed by atoms with E-state index in [4.69, 9.17) is 4.74 Å². The van der Waals surface area contributed by atoms with Gasteiger partial charge in [0.25, 0.3) is 15.9 Å². The van der Waals surface area contributed by atoms with E-state index in [1.165, 1.54) is 12.1 Å². The highest BCUT2D eigenvalue weighted by Gasteiger charge is 2.34. The average Bonchev–Trinajstić information content (AvgIpc) is 3.64. The van der Waals surface area contributed by atoms with E-state index >= 15 is 0 Å². The SMILES string of the molecule is CCOc1ccc(Br)cc1CN(C(=O)c1cccc(NS(=O)(=O)c2ccc(Br)cc2)c1)C1CC1. The molecule has 1 amide bonds. The lowest BCUT2D eigenvalue weighted by atomic mass is 10.1. The number of halogens is 2. The van der Waals surface area contributed by atoms with E-state index in [0.717, 1.165) is 33.1 Å². The molecule has 0 bridgehead atoms. The molecule has 4 rings (SSSR count). The van der Waals surface area contributed by atoms with Gasteiger partial charge in [0, 0.05) is 38.3 Å². The molecule has 0 saturated heterocycles. The van der Waals surface area contributed by atoms with Crippen molar-refractivity contribution in [2.75, 3.05) is 11.3 Å².